The Hall–Kier alpha value is -3.28. The summed E-state index contributed by atoms with van der Waals surface area (Å²) < 4.78 is 0. The van der Waals surface area contributed by atoms with Crippen LogP contribution in [0.5, 0.6) is 0 Å². The van der Waals surface area contributed by atoms with Crippen LogP contribution in [0.2, 0.25) is 20.1 Å². The first-order chi connectivity index (χ1) is 28.6. The molecule has 334 valence electrons. The SMILES string of the molecule is C.CC(C)C[C@@H](N)C(=O)NCc1ccc(Cl)c(Cl)c1.CC(C)C[C@@H](NCCC(=O)CCc1ccccc1)C(=O)NCc1ccc(Cl)c(Cl)c1.O=C(CBr)CCc1ccccc1. The van der Waals surface area contributed by atoms with Gasteiger partial charge in [-0.05, 0) is 84.0 Å². The third-order valence-corrected chi connectivity index (χ3v) is 11.1. The van der Waals surface area contributed by atoms with Crippen molar-refractivity contribution in [1.82, 2.24) is 16.0 Å². The summed E-state index contributed by atoms with van der Waals surface area (Å²) in [6, 6.07) is 29.8. The van der Waals surface area contributed by atoms with Gasteiger partial charge in [0.25, 0.3) is 0 Å². The normalized spacial score (nSPS) is 11.5. The van der Waals surface area contributed by atoms with Gasteiger partial charge in [-0.2, -0.15) is 0 Å². The fourth-order valence-corrected chi connectivity index (χ4v) is 6.66. The van der Waals surface area contributed by atoms with Gasteiger partial charge >= 0.3 is 0 Å². The molecule has 13 heteroatoms. The number of nitrogens with two attached hydrogens (primary N) is 1. The number of carbonyl (C=O) groups excluding carboxylic acids is 4. The third kappa shape index (κ3) is 24.8. The lowest BCUT2D eigenvalue weighted by Crippen LogP contribution is -2.45. The number of Topliss-reactive ketones (excluding diaryl/α,β-unsaturated/α-hetero) is 2. The van der Waals surface area contributed by atoms with Crippen LogP contribution in [-0.2, 0) is 45.1 Å². The van der Waals surface area contributed by atoms with Crippen molar-refractivity contribution in [3.8, 4) is 0 Å². The largest absolute Gasteiger partial charge is 0.351 e. The Morgan fingerprint density at radius 3 is 1.44 bits per heavy atom. The van der Waals surface area contributed by atoms with Gasteiger partial charge in [-0.25, -0.2) is 0 Å². The van der Waals surface area contributed by atoms with Gasteiger partial charge in [0.2, 0.25) is 11.8 Å². The van der Waals surface area contributed by atoms with Gasteiger partial charge in [-0.1, -0.05) is 170 Å². The number of carbonyl (C=O) groups is 4. The van der Waals surface area contributed by atoms with Crippen molar-refractivity contribution in [2.75, 3.05) is 11.9 Å². The highest BCUT2D eigenvalue weighted by atomic mass is 79.9. The quantitative estimate of drug-likeness (QED) is 0.0615. The zero-order valence-corrected chi connectivity index (χ0v) is 39.5. The molecular weight excluding hydrogens is 918 g/mol. The van der Waals surface area contributed by atoms with Crippen molar-refractivity contribution < 1.29 is 19.2 Å². The van der Waals surface area contributed by atoms with Crippen molar-refractivity contribution >= 4 is 85.7 Å². The summed E-state index contributed by atoms with van der Waals surface area (Å²) in [5.41, 5.74) is 9.95. The zero-order chi connectivity index (χ0) is 44.5. The minimum absolute atomic E-state index is 0. The molecule has 5 N–H and O–H groups in total. The molecule has 0 unspecified atom stereocenters. The minimum Gasteiger partial charge on any atom is -0.351 e. The maximum atomic E-state index is 12.7. The number of benzene rings is 4. The van der Waals surface area contributed by atoms with E-state index < -0.39 is 6.04 Å². The third-order valence-electron chi connectivity index (χ3n) is 9.00. The van der Waals surface area contributed by atoms with Crippen molar-refractivity contribution in [2.45, 2.75) is 105 Å². The van der Waals surface area contributed by atoms with Crippen molar-refractivity contribution in [3.63, 3.8) is 0 Å². The molecule has 4 aromatic rings. The second-order valence-electron chi connectivity index (χ2n) is 15.2. The maximum Gasteiger partial charge on any atom is 0.237 e. The molecule has 4 rings (SSSR count). The number of nitrogens with one attached hydrogen (secondary N) is 3. The number of aryl methyl sites for hydroxylation is 2. The summed E-state index contributed by atoms with van der Waals surface area (Å²) in [5.74, 6) is 0.994. The molecule has 0 saturated carbocycles. The molecule has 61 heavy (non-hydrogen) atoms. The summed E-state index contributed by atoms with van der Waals surface area (Å²) in [6.07, 6.45) is 4.55. The van der Waals surface area contributed by atoms with Crippen LogP contribution < -0.4 is 21.7 Å². The van der Waals surface area contributed by atoms with Gasteiger partial charge in [0.05, 0.1) is 37.5 Å². The van der Waals surface area contributed by atoms with E-state index in [1.807, 2.05) is 86.6 Å². The molecule has 0 aliphatic carbocycles. The van der Waals surface area contributed by atoms with E-state index in [0.29, 0.717) is 89.0 Å². The standard InChI is InChI=1S/C24H30Cl2N2O2.C13H18Cl2N2O.C10H11BrO.CH4/c1-17(2)14-23(24(30)28-16-19-9-11-21(25)22(26)15-19)27-13-12-20(29)10-8-18-6-4-3-5-7-18;1-8(2)5-12(16)13(18)17-7-9-3-4-10(14)11(15)6-9;11-8-10(12)7-6-9-4-2-1-3-5-9;/h3-7,9,11,15,17,23,27H,8,10,12-14,16H2,1-2H3,(H,28,30);3-4,6,8,12H,5,7,16H2,1-2H3,(H,17,18);1-5H,6-8H2;1H4/t23-;12-;;/m11../s1. The molecule has 0 heterocycles. The zero-order valence-electron chi connectivity index (χ0n) is 34.9. The van der Waals surface area contributed by atoms with Crippen LogP contribution in [0.4, 0.5) is 0 Å². The van der Waals surface area contributed by atoms with E-state index in [9.17, 15) is 19.2 Å². The van der Waals surface area contributed by atoms with Gasteiger partial charge in [-0.3, -0.25) is 19.2 Å². The van der Waals surface area contributed by atoms with Gasteiger partial charge in [-0.15, -0.1) is 0 Å². The first kappa shape index (κ1) is 55.7. The van der Waals surface area contributed by atoms with E-state index in [2.05, 4.69) is 45.7 Å². The second-order valence-corrected chi connectivity index (χ2v) is 17.4. The monoisotopic (exact) mass is 978 g/mol. The lowest BCUT2D eigenvalue weighted by atomic mass is 10.0. The summed E-state index contributed by atoms with van der Waals surface area (Å²) >= 11 is 26.8. The fraction of sp³-hybridized carbons (Fsp3) is 0.417. The number of hydrogen-bond donors (Lipinski definition) is 4. The molecule has 0 aliphatic heterocycles. The predicted molar refractivity (Wildman–Crippen MR) is 260 cm³/mol. The van der Waals surface area contributed by atoms with E-state index in [4.69, 9.17) is 52.1 Å². The van der Waals surface area contributed by atoms with E-state index in [1.165, 1.54) is 5.56 Å². The lowest BCUT2D eigenvalue weighted by Gasteiger charge is -2.20. The van der Waals surface area contributed by atoms with Crippen molar-refractivity contribution in [3.05, 3.63) is 139 Å². The molecule has 2 atom stereocenters. The average Bonchev–Trinajstić information content (AvgIpc) is 3.23. The Morgan fingerprint density at radius 1 is 0.574 bits per heavy atom. The highest BCUT2D eigenvalue weighted by Crippen LogP contribution is 2.23. The topological polar surface area (TPSA) is 130 Å². The van der Waals surface area contributed by atoms with Crippen LogP contribution in [0.15, 0.2) is 97.1 Å². The maximum absolute atomic E-state index is 12.7. The van der Waals surface area contributed by atoms with Crippen LogP contribution in [-0.4, -0.2) is 47.3 Å². The Kier molecular flexibility index (Phi) is 28.8. The summed E-state index contributed by atoms with van der Waals surface area (Å²) in [5, 5.41) is 11.4. The molecule has 0 bridgehead atoms. The van der Waals surface area contributed by atoms with Crippen molar-refractivity contribution in [1.29, 1.82) is 0 Å². The number of amides is 2. The fourth-order valence-electron chi connectivity index (χ4n) is 5.74. The smallest absolute Gasteiger partial charge is 0.237 e. The van der Waals surface area contributed by atoms with Gasteiger partial charge in [0.1, 0.15) is 11.6 Å². The first-order valence-corrected chi connectivity index (χ1v) is 22.8. The summed E-state index contributed by atoms with van der Waals surface area (Å²) in [4.78, 5) is 47.5. The number of halogens is 5. The van der Waals surface area contributed by atoms with Crippen LogP contribution in [0, 0.1) is 11.8 Å². The van der Waals surface area contributed by atoms with Crippen molar-refractivity contribution in [2.24, 2.45) is 17.6 Å². The molecule has 0 aromatic heterocycles. The van der Waals surface area contributed by atoms with Gasteiger partial charge < -0.3 is 21.7 Å². The van der Waals surface area contributed by atoms with E-state index in [-0.39, 0.29) is 36.8 Å². The Bertz CT molecular complexity index is 1900. The Morgan fingerprint density at radius 2 is 1.02 bits per heavy atom. The highest BCUT2D eigenvalue weighted by molar-refractivity contribution is 9.09. The number of rotatable bonds is 21. The number of hydrogen-bond acceptors (Lipinski definition) is 6. The molecule has 8 nitrogen and oxygen atoms in total. The number of ketones is 2. The van der Waals surface area contributed by atoms with Crippen LogP contribution in [0.25, 0.3) is 0 Å². The molecule has 4 aromatic carbocycles. The second kappa shape index (κ2) is 31.5. The molecule has 0 aliphatic rings. The highest BCUT2D eigenvalue weighted by Gasteiger charge is 2.20. The molecule has 0 spiro atoms. The Labute approximate surface area is 392 Å². The van der Waals surface area contributed by atoms with E-state index in [0.717, 1.165) is 29.5 Å². The Balaban J connectivity index is 0.000000507. The minimum atomic E-state index is -0.465. The molecule has 0 saturated heterocycles. The molecule has 0 radical (unpaired) electrons. The summed E-state index contributed by atoms with van der Waals surface area (Å²) in [6.45, 7) is 9.49. The van der Waals surface area contributed by atoms with Gasteiger partial charge in [0.15, 0.2) is 0 Å². The van der Waals surface area contributed by atoms with Gasteiger partial charge in [0, 0.05) is 38.9 Å². The molecule has 2 amide bonds. The van der Waals surface area contributed by atoms with Crippen LogP contribution >= 0.6 is 62.3 Å². The van der Waals surface area contributed by atoms with Crippen LogP contribution in [0.1, 0.15) is 89.5 Å². The average molecular weight is 982 g/mol. The lowest BCUT2D eigenvalue weighted by molar-refractivity contribution is -0.124. The van der Waals surface area contributed by atoms with Crippen LogP contribution in [0.3, 0.4) is 0 Å². The molecule has 0 fully saturated rings. The van der Waals surface area contributed by atoms with E-state index in [1.54, 1.807) is 24.3 Å². The van der Waals surface area contributed by atoms with E-state index >= 15 is 0 Å². The predicted octanol–water partition coefficient (Wildman–Crippen LogP) is 11.4. The summed E-state index contributed by atoms with van der Waals surface area (Å²) in [7, 11) is 0. The number of alkyl halides is 1. The first-order valence-electron chi connectivity index (χ1n) is 20.2. The molecular formula is C48H63BrCl4N4O4.